The Morgan fingerprint density at radius 3 is 2.62 bits per heavy atom. The molecule has 0 heterocycles. The van der Waals surface area contributed by atoms with Crippen LogP contribution in [0.3, 0.4) is 0 Å². The van der Waals surface area contributed by atoms with Gasteiger partial charge in [0.25, 0.3) is 5.91 Å². The van der Waals surface area contributed by atoms with Gasteiger partial charge in [-0.3, -0.25) is 9.59 Å². The van der Waals surface area contributed by atoms with Crippen molar-refractivity contribution in [3.63, 3.8) is 0 Å². The normalized spacial score (nSPS) is 10.1. The maximum atomic E-state index is 12.1. The molecule has 5 nitrogen and oxygen atoms in total. The first-order valence-corrected chi connectivity index (χ1v) is 8.28. The highest BCUT2D eigenvalue weighted by molar-refractivity contribution is 9.10. The third-order valence-corrected chi connectivity index (χ3v) is 3.95. The van der Waals surface area contributed by atoms with Gasteiger partial charge in [-0.1, -0.05) is 28.1 Å². The minimum absolute atomic E-state index is 0.152. The van der Waals surface area contributed by atoms with Gasteiger partial charge in [-0.2, -0.15) is 0 Å². The second kappa shape index (κ2) is 8.49. The van der Waals surface area contributed by atoms with E-state index in [1.54, 1.807) is 24.3 Å². The van der Waals surface area contributed by atoms with Gasteiger partial charge in [0.05, 0.1) is 12.7 Å². The number of halogens is 1. The molecule has 0 aliphatic rings. The second-order valence-corrected chi connectivity index (χ2v) is 6.13. The lowest BCUT2D eigenvalue weighted by Gasteiger charge is -2.10. The molecule has 2 aromatic carbocycles. The third kappa shape index (κ3) is 4.83. The zero-order chi connectivity index (χ0) is 17.5. The summed E-state index contributed by atoms with van der Waals surface area (Å²) in [4.78, 5) is 24.1. The summed E-state index contributed by atoms with van der Waals surface area (Å²) in [5, 5.41) is 5.56. The van der Waals surface area contributed by atoms with E-state index >= 15 is 0 Å². The van der Waals surface area contributed by atoms with E-state index in [9.17, 15) is 9.59 Å². The standard InChI is InChI=1S/C18H19BrN2O3/c1-12-11-13(19)7-8-15(12)21-17(22)9-10-20-18(23)14-5-3-4-6-16(14)24-2/h3-8,11H,9-10H2,1-2H3,(H,20,23)(H,21,22). The molecule has 2 amide bonds. The van der Waals surface area contributed by atoms with Crippen LogP contribution in [0.5, 0.6) is 5.75 Å². The lowest BCUT2D eigenvalue weighted by Crippen LogP contribution is -2.28. The van der Waals surface area contributed by atoms with Gasteiger partial charge in [0.15, 0.2) is 0 Å². The molecule has 126 valence electrons. The Labute approximate surface area is 149 Å². The van der Waals surface area contributed by atoms with E-state index in [1.807, 2.05) is 25.1 Å². The molecule has 0 atom stereocenters. The number of benzene rings is 2. The summed E-state index contributed by atoms with van der Waals surface area (Å²) < 4.78 is 6.11. The van der Waals surface area contributed by atoms with E-state index in [-0.39, 0.29) is 24.8 Å². The molecule has 0 fully saturated rings. The predicted octanol–water partition coefficient (Wildman–Crippen LogP) is 3.52. The second-order valence-electron chi connectivity index (χ2n) is 5.21. The molecule has 2 N–H and O–H groups in total. The number of ether oxygens (including phenoxy) is 1. The zero-order valence-corrected chi connectivity index (χ0v) is 15.1. The molecule has 0 unspecified atom stereocenters. The number of hydrogen-bond acceptors (Lipinski definition) is 3. The van der Waals surface area contributed by atoms with Gasteiger partial charge in [-0.25, -0.2) is 0 Å². The molecule has 0 aliphatic carbocycles. The molecule has 0 radical (unpaired) electrons. The Hall–Kier alpha value is -2.34. The number of nitrogens with one attached hydrogen (secondary N) is 2. The van der Waals surface area contributed by atoms with Crippen molar-refractivity contribution in [1.82, 2.24) is 5.32 Å². The molecule has 0 saturated carbocycles. The number of hydrogen-bond donors (Lipinski definition) is 2. The summed E-state index contributed by atoms with van der Waals surface area (Å²) in [6, 6.07) is 12.6. The highest BCUT2D eigenvalue weighted by Gasteiger charge is 2.11. The van der Waals surface area contributed by atoms with Gasteiger partial charge in [0.1, 0.15) is 5.75 Å². The van der Waals surface area contributed by atoms with Crippen LogP contribution < -0.4 is 15.4 Å². The molecule has 0 bridgehead atoms. The Morgan fingerprint density at radius 2 is 1.92 bits per heavy atom. The fourth-order valence-electron chi connectivity index (χ4n) is 2.20. The maximum Gasteiger partial charge on any atom is 0.255 e. The monoisotopic (exact) mass is 390 g/mol. The molecule has 2 rings (SSSR count). The maximum absolute atomic E-state index is 12.1. The summed E-state index contributed by atoms with van der Waals surface area (Å²) in [5.41, 5.74) is 2.18. The van der Waals surface area contributed by atoms with E-state index in [2.05, 4.69) is 26.6 Å². The molecule has 0 aromatic heterocycles. The van der Waals surface area contributed by atoms with Crippen molar-refractivity contribution in [2.45, 2.75) is 13.3 Å². The number of carbonyl (C=O) groups is 2. The number of rotatable bonds is 6. The fraction of sp³-hybridized carbons (Fsp3) is 0.222. The van der Waals surface area contributed by atoms with Gasteiger partial charge in [-0.15, -0.1) is 0 Å². The topological polar surface area (TPSA) is 67.4 Å². The highest BCUT2D eigenvalue weighted by Crippen LogP contribution is 2.20. The van der Waals surface area contributed by atoms with Gasteiger partial charge in [0, 0.05) is 23.1 Å². The molecule has 24 heavy (non-hydrogen) atoms. The minimum atomic E-state index is -0.264. The van der Waals surface area contributed by atoms with Gasteiger partial charge in [0.2, 0.25) is 5.91 Å². The number of aryl methyl sites for hydroxylation is 1. The van der Waals surface area contributed by atoms with E-state index in [1.165, 1.54) is 7.11 Å². The van der Waals surface area contributed by atoms with Gasteiger partial charge < -0.3 is 15.4 Å². The molecule has 0 spiro atoms. The van der Waals surface area contributed by atoms with Crippen LogP contribution in [-0.4, -0.2) is 25.5 Å². The van der Waals surface area contributed by atoms with E-state index < -0.39 is 0 Å². The van der Waals surface area contributed by atoms with Crippen LogP contribution in [-0.2, 0) is 4.79 Å². The molecule has 0 saturated heterocycles. The first kappa shape index (κ1) is 18.0. The molecular formula is C18H19BrN2O3. The fourth-order valence-corrected chi connectivity index (χ4v) is 2.67. The summed E-state index contributed by atoms with van der Waals surface area (Å²) in [6.07, 6.45) is 0.191. The molecule has 2 aromatic rings. The van der Waals surface area contributed by atoms with Crippen LogP contribution in [0.4, 0.5) is 5.69 Å². The van der Waals surface area contributed by atoms with Crippen molar-refractivity contribution < 1.29 is 14.3 Å². The Morgan fingerprint density at radius 1 is 1.17 bits per heavy atom. The number of para-hydroxylation sites is 1. The Balaban J connectivity index is 1.85. The van der Waals surface area contributed by atoms with Crippen LogP contribution in [0.1, 0.15) is 22.3 Å². The van der Waals surface area contributed by atoms with Crippen LogP contribution in [0.2, 0.25) is 0 Å². The van der Waals surface area contributed by atoms with Crippen molar-refractivity contribution in [2.24, 2.45) is 0 Å². The number of carbonyl (C=O) groups excluding carboxylic acids is 2. The Bertz CT molecular complexity index is 747. The quantitative estimate of drug-likeness (QED) is 0.792. The average Bonchev–Trinajstić information content (AvgIpc) is 2.57. The summed E-state index contributed by atoms with van der Waals surface area (Å²) in [6.45, 7) is 2.17. The highest BCUT2D eigenvalue weighted by atomic mass is 79.9. The smallest absolute Gasteiger partial charge is 0.255 e. The Kier molecular flexibility index (Phi) is 6.37. The summed E-state index contributed by atoms with van der Waals surface area (Å²) in [7, 11) is 1.51. The molecular weight excluding hydrogens is 372 g/mol. The zero-order valence-electron chi connectivity index (χ0n) is 13.6. The molecule has 0 aliphatic heterocycles. The lowest BCUT2D eigenvalue weighted by atomic mass is 10.2. The third-order valence-electron chi connectivity index (χ3n) is 3.45. The first-order chi connectivity index (χ1) is 11.5. The van der Waals surface area contributed by atoms with E-state index in [0.29, 0.717) is 11.3 Å². The van der Waals surface area contributed by atoms with E-state index in [4.69, 9.17) is 4.74 Å². The average molecular weight is 391 g/mol. The summed E-state index contributed by atoms with van der Waals surface area (Å²) >= 11 is 3.38. The van der Waals surface area contributed by atoms with Crippen molar-refractivity contribution in [2.75, 3.05) is 19.0 Å². The van der Waals surface area contributed by atoms with E-state index in [0.717, 1.165) is 15.7 Å². The SMILES string of the molecule is COc1ccccc1C(=O)NCCC(=O)Nc1ccc(Br)cc1C. The van der Waals surface area contributed by atoms with Gasteiger partial charge in [-0.05, 0) is 42.8 Å². The van der Waals surface area contributed by atoms with Crippen molar-refractivity contribution >= 4 is 33.4 Å². The van der Waals surface area contributed by atoms with Crippen molar-refractivity contribution in [3.05, 3.63) is 58.1 Å². The number of methoxy groups -OCH3 is 1. The number of anilines is 1. The molecule has 6 heteroatoms. The summed E-state index contributed by atoms with van der Waals surface area (Å²) in [5.74, 6) is 0.0887. The number of amides is 2. The van der Waals surface area contributed by atoms with Crippen molar-refractivity contribution in [3.8, 4) is 5.75 Å². The van der Waals surface area contributed by atoms with Gasteiger partial charge >= 0.3 is 0 Å². The minimum Gasteiger partial charge on any atom is -0.496 e. The lowest BCUT2D eigenvalue weighted by molar-refractivity contribution is -0.116. The first-order valence-electron chi connectivity index (χ1n) is 7.48. The van der Waals surface area contributed by atoms with Crippen molar-refractivity contribution in [1.29, 1.82) is 0 Å². The van der Waals surface area contributed by atoms with Crippen LogP contribution in [0.25, 0.3) is 0 Å². The predicted molar refractivity (Wildman–Crippen MR) is 97.5 cm³/mol. The van der Waals surface area contributed by atoms with Crippen LogP contribution in [0, 0.1) is 6.92 Å². The van der Waals surface area contributed by atoms with Crippen LogP contribution in [0.15, 0.2) is 46.9 Å². The van der Waals surface area contributed by atoms with Crippen LogP contribution >= 0.6 is 15.9 Å². The largest absolute Gasteiger partial charge is 0.496 e.